The summed E-state index contributed by atoms with van der Waals surface area (Å²) in [5, 5.41) is 14.4. The summed E-state index contributed by atoms with van der Waals surface area (Å²) in [6.45, 7) is 0.145. The first-order valence-electron chi connectivity index (χ1n) is 4.79. The number of benzene rings is 1. The lowest BCUT2D eigenvalue weighted by atomic mass is 10.1. The van der Waals surface area contributed by atoms with Crippen LogP contribution in [0.15, 0.2) is 23.3 Å². The lowest BCUT2D eigenvalue weighted by Crippen LogP contribution is -1.94. The molecule has 0 N–H and O–H groups in total. The number of ether oxygens (including phenoxy) is 1. The average molecular weight is 269 g/mol. The van der Waals surface area contributed by atoms with Crippen LogP contribution < -0.4 is 4.74 Å². The molecule has 0 unspecified atom stereocenters. The van der Waals surface area contributed by atoms with Crippen LogP contribution in [0, 0.1) is 10.1 Å². The maximum Gasteiger partial charge on any atom is 0.311 e. The van der Waals surface area contributed by atoms with E-state index in [1.807, 2.05) is 0 Å². The van der Waals surface area contributed by atoms with Crippen LogP contribution >= 0.6 is 11.6 Å². The molecule has 18 heavy (non-hydrogen) atoms. The Balaban J connectivity index is 3.13. The van der Waals surface area contributed by atoms with E-state index in [0.717, 1.165) is 0 Å². The molecule has 1 aromatic rings. The van der Waals surface area contributed by atoms with Gasteiger partial charge >= 0.3 is 5.69 Å². The van der Waals surface area contributed by atoms with Gasteiger partial charge in [0.05, 0.1) is 17.1 Å². The molecule has 0 aliphatic rings. The van der Waals surface area contributed by atoms with Crippen LogP contribution in [-0.2, 0) is 0 Å². The number of hydrogen-bond acceptors (Lipinski definition) is 4. The Hall–Kier alpha value is -2.24. The maximum atomic E-state index is 10.8. The van der Waals surface area contributed by atoms with Gasteiger partial charge in [0.25, 0.3) is 0 Å². The number of rotatable bonds is 5. The molecular formula is C10H9ClN4O3. The Morgan fingerprint density at radius 3 is 2.94 bits per heavy atom. The summed E-state index contributed by atoms with van der Waals surface area (Å²) in [7, 11) is 1.33. The highest BCUT2D eigenvalue weighted by molar-refractivity contribution is 6.32. The minimum absolute atomic E-state index is 0.0946. The predicted molar refractivity (Wildman–Crippen MR) is 67.7 cm³/mol. The summed E-state index contributed by atoms with van der Waals surface area (Å²) in [4.78, 5) is 12.8. The average Bonchev–Trinajstić information content (AvgIpc) is 2.35. The number of azide groups is 1. The van der Waals surface area contributed by atoms with Gasteiger partial charge in [0, 0.05) is 23.6 Å². The van der Waals surface area contributed by atoms with E-state index in [-0.39, 0.29) is 18.0 Å². The first-order valence-corrected chi connectivity index (χ1v) is 5.17. The first-order chi connectivity index (χ1) is 8.60. The van der Waals surface area contributed by atoms with Crippen LogP contribution in [-0.4, -0.2) is 18.6 Å². The third-order valence-electron chi connectivity index (χ3n) is 2.04. The van der Waals surface area contributed by atoms with Gasteiger partial charge in [-0.05, 0) is 11.1 Å². The smallest absolute Gasteiger partial charge is 0.311 e. The zero-order valence-corrected chi connectivity index (χ0v) is 10.2. The molecule has 0 fully saturated rings. The molecule has 7 nitrogen and oxygen atoms in total. The highest BCUT2D eigenvalue weighted by Gasteiger charge is 2.17. The van der Waals surface area contributed by atoms with Gasteiger partial charge in [-0.25, -0.2) is 0 Å². The van der Waals surface area contributed by atoms with Crippen molar-refractivity contribution in [2.75, 3.05) is 13.7 Å². The zero-order valence-electron chi connectivity index (χ0n) is 9.41. The van der Waals surface area contributed by atoms with Crippen molar-refractivity contribution in [1.82, 2.24) is 0 Å². The van der Waals surface area contributed by atoms with E-state index in [1.165, 1.54) is 19.2 Å². The quantitative estimate of drug-likeness (QED) is 0.268. The maximum absolute atomic E-state index is 10.8. The van der Waals surface area contributed by atoms with Crippen molar-refractivity contribution >= 4 is 23.4 Å². The van der Waals surface area contributed by atoms with Crippen molar-refractivity contribution < 1.29 is 9.66 Å². The van der Waals surface area contributed by atoms with E-state index in [1.54, 1.807) is 12.2 Å². The van der Waals surface area contributed by atoms with Gasteiger partial charge in [0.1, 0.15) is 0 Å². The molecule has 0 bridgehead atoms. The zero-order chi connectivity index (χ0) is 13.5. The molecule has 8 heteroatoms. The van der Waals surface area contributed by atoms with Gasteiger partial charge in [-0.2, -0.15) is 0 Å². The summed E-state index contributed by atoms with van der Waals surface area (Å²) >= 11 is 5.94. The van der Waals surface area contributed by atoms with E-state index < -0.39 is 4.92 Å². The van der Waals surface area contributed by atoms with E-state index >= 15 is 0 Å². The fourth-order valence-corrected chi connectivity index (χ4v) is 1.47. The number of halogens is 1. The van der Waals surface area contributed by atoms with Gasteiger partial charge < -0.3 is 4.74 Å². The lowest BCUT2D eigenvalue weighted by molar-refractivity contribution is -0.385. The van der Waals surface area contributed by atoms with Gasteiger partial charge in [0.2, 0.25) is 0 Å². The number of nitrogens with zero attached hydrogens (tertiary/aromatic N) is 4. The highest BCUT2D eigenvalue weighted by atomic mass is 35.5. The van der Waals surface area contributed by atoms with Crippen LogP contribution in [0.2, 0.25) is 5.02 Å². The van der Waals surface area contributed by atoms with Gasteiger partial charge in [-0.1, -0.05) is 28.9 Å². The van der Waals surface area contributed by atoms with E-state index in [2.05, 4.69) is 10.0 Å². The molecule has 0 aromatic heterocycles. The second-order valence-corrected chi connectivity index (χ2v) is 3.53. The van der Waals surface area contributed by atoms with E-state index in [9.17, 15) is 10.1 Å². The van der Waals surface area contributed by atoms with E-state index in [4.69, 9.17) is 21.9 Å². The second kappa shape index (κ2) is 6.48. The first kappa shape index (κ1) is 13.8. The molecule has 0 spiro atoms. The Kier molecular flexibility index (Phi) is 4.98. The summed E-state index contributed by atoms with van der Waals surface area (Å²) in [5.74, 6) is 0.0946. The molecule has 0 amide bonds. The van der Waals surface area contributed by atoms with Crippen LogP contribution in [0.1, 0.15) is 5.56 Å². The van der Waals surface area contributed by atoms with Crippen molar-refractivity contribution in [1.29, 1.82) is 0 Å². The molecule has 0 saturated heterocycles. The summed E-state index contributed by atoms with van der Waals surface area (Å²) in [6, 6.07) is 2.67. The van der Waals surface area contributed by atoms with Gasteiger partial charge in [-0.3, -0.25) is 10.1 Å². The van der Waals surface area contributed by atoms with E-state index in [0.29, 0.717) is 10.6 Å². The monoisotopic (exact) mass is 268 g/mol. The molecule has 0 aliphatic heterocycles. The second-order valence-electron chi connectivity index (χ2n) is 3.12. The SMILES string of the molecule is COc1cc(Cl)c(C=CCN=[N+]=[N-])cc1[N+](=O)[O-]. The molecule has 0 radical (unpaired) electrons. The Labute approximate surface area is 107 Å². The molecule has 0 saturated carbocycles. The molecular weight excluding hydrogens is 260 g/mol. The molecule has 1 aromatic carbocycles. The minimum Gasteiger partial charge on any atom is -0.490 e. The Morgan fingerprint density at radius 1 is 1.67 bits per heavy atom. The number of nitro benzene ring substituents is 1. The number of hydrogen-bond donors (Lipinski definition) is 0. The topological polar surface area (TPSA) is 101 Å². The fraction of sp³-hybridized carbons (Fsp3) is 0.200. The molecule has 0 atom stereocenters. The van der Waals surface area contributed by atoms with Crippen molar-refractivity contribution in [2.45, 2.75) is 0 Å². The summed E-state index contributed by atoms with van der Waals surface area (Å²) in [5.41, 5.74) is 8.38. The third kappa shape index (κ3) is 3.38. The Bertz CT molecular complexity index is 538. The molecule has 0 heterocycles. The summed E-state index contributed by atoms with van der Waals surface area (Å²) in [6.07, 6.45) is 3.10. The van der Waals surface area contributed by atoms with Gasteiger partial charge in [-0.15, -0.1) is 0 Å². The number of nitro groups is 1. The molecule has 1 rings (SSSR count). The van der Waals surface area contributed by atoms with Crippen LogP contribution in [0.25, 0.3) is 16.5 Å². The number of methoxy groups -OCH3 is 1. The molecule has 0 aliphatic carbocycles. The molecule has 94 valence electrons. The predicted octanol–water partition coefficient (Wildman–Crippen LogP) is 3.58. The standard InChI is InChI=1S/C10H9ClN4O3/c1-18-10-6-8(11)7(3-2-4-13-14-12)5-9(10)15(16)17/h2-3,5-6H,4H2,1H3. The normalized spacial score (nSPS) is 10.1. The fourth-order valence-electron chi connectivity index (χ4n) is 1.26. The van der Waals surface area contributed by atoms with Crippen LogP contribution in [0.3, 0.4) is 0 Å². The lowest BCUT2D eigenvalue weighted by Gasteiger charge is -2.04. The van der Waals surface area contributed by atoms with Crippen LogP contribution in [0.5, 0.6) is 5.75 Å². The highest BCUT2D eigenvalue weighted by Crippen LogP contribution is 2.33. The van der Waals surface area contributed by atoms with Crippen molar-refractivity contribution in [3.63, 3.8) is 0 Å². The third-order valence-corrected chi connectivity index (χ3v) is 2.37. The van der Waals surface area contributed by atoms with Crippen molar-refractivity contribution in [2.24, 2.45) is 5.11 Å². The summed E-state index contributed by atoms with van der Waals surface area (Å²) < 4.78 is 4.87. The van der Waals surface area contributed by atoms with Crippen molar-refractivity contribution in [3.05, 3.63) is 49.4 Å². The Morgan fingerprint density at radius 2 is 2.39 bits per heavy atom. The van der Waals surface area contributed by atoms with Crippen LogP contribution in [0.4, 0.5) is 5.69 Å². The minimum atomic E-state index is -0.556. The largest absolute Gasteiger partial charge is 0.490 e. The van der Waals surface area contributed by atoms with Gasteiger partial charge in [0.15, 0.2) is 5.75 Å². The van der Waals surface area contributed by atoms with Crippen molar-refractivity contribution in [3.8, 4) is 5.75 Å².